The van der Waals surface area contributed by atoms with Crippen LogP contribution in [0, 0.1) is 23.7 Å². The van der Waals surface area contributed by atoms with Gasteiger partial charge in [0.15, 0.2) is 11.9 Å². The second-order valence-corrected chi connectivity index (χ2v) is 7.97. The molecule has 4 heteroatoms. The molecule has 5 fully saturated rings. The zero-order valence-electron chi connectivity index (χ0n) is 13.9. The first kappa shape index (κ1) is 15.1. The van der Waals surface area contributed by atoms with Crippen LogP contribution in [0.2, 0.25) is 0 Å². The van der Waals surface area contributed by atoms with E-state index in [-0.39, 0.29) is 12.4 Å². The zero-order chi connectivity index (χ0) is 15.5. The summed E-state index contributed by atoms with van der Waals surface area (Å²) in [5.74, 6) is 1.27. The van der Waals surface area contributed by atoms with Crippen LogP contribution in [0.3, 0.4) is 0 Å². The van der Waals surface area contributed by atoms with Crippen molar-refractivity contribution in [1.29, 1.82) is 0 Å². The molecule has 5 rings (SSSR count). The van der Waals surface area contributed by atoms with E-state index in [9.17, 15) is 0 Å². The van der Waals surface area contributed by atoms with Gasteiger partial charge in [-0.3, -0.25) is 0 Å². The molecule has 0 aromatic heterocycles. The highest BCUT2D eigenvalue weighted by molar-refractivity contribution is 5.10. The molecule has 2 bridgehead atoms. The Labute approximate surface area is 133 Å². The third-order valence-electron chi connectivity index (χ3n) is 6.69. The van der Waals surface area contributed by atoms with Crippen molar-refractivity contribution in [3.63, 3.8) is 0 Å². The number of rotatable bonds is 2. The molecule has 5 aliphatic rings. The molecular weight excluding hydrogens is 280 g/mol. The van der Waals surface area contributed by atoms with Crippen molar-refractivity contribution in [1.82, 2.24) is 0 Å². The van der Waals surface area contributed by atoms with Crippen molar-refractivity contribution < 1.29 is 19.2 Å². The maximum absolute atomic E-state index is 6.40. The Morgan fingerprint density at radius 3 is 2.73 bits per heavy atom. The lowest BCUT2D eigenvalue weighted by Gasteiger charge is -2.60. The highest BCUT2D eigenvalue weighted by atomic mass is 17.3. The minimum absolute atomic E-state index is 0.165. The molecule has 4 saturated heterocycles. The van der Waals surface area contributed by atoms with Crippen LogP contribution in [-0.4, -0.2) is 23.8 Å². The molecule has 0 aromatic carbocycles. The van der Waals surface area contributed by atoms with Crippen LogP contribution in [0.15, 0.2) is 12.7 Å². The molecule has 4 heterocycles. The highest BCUT2D eigenvalue weighted by Crippen LogP contribution is 2.60. The summed E-state index contributed by atoms with van der Waals surface area (Å²) < 4.78 is 12.7. The predicted molar refractivity (Wildman–Crippen MR) is 81.6 cm³/mol. The van der Waals surface area contributed by atoms with E-state index in [4.69, 9.17) is 19.2 Å². The first-order valence-electron chi connectivity index (χ1n) is 8.81. The lowest BCUT2D eigenvalue weighted by Crippen LogP contribution is -2.70. The van der Waals surface area contributed by atoms with Crippen molar-refractivity contribution in [3.8, 4) is 0 Å². The number of fused-ring (bicyclic) bond motifs is 2. The number of hydrogen-bond donors (Lipinski definition) is 0. The SMILES string of the molecule is C=CC[C@H]1O[C@@H]2OC3(C)CC[C@H]4[C@H](C)CC[C@@H]([C@H]1C)[C@@]24OO3. The lowest BCUT2D eigenvalue weighted by molar-refractivity contribution is -0.571. The third kappa shape index (κ3) is 1.90. The van der Waals surface area contributed by atoms with Gasteiger partial charge >= 0.3 is 0 Å². The van der Waals surface area contributed by atoms with E-state index in [1.54, 1.807) is 0 Å². The molecule has 124 valence electrons. The van der Waals surface area contributed by atoms with Crippen LogP contribution in [0.1, 0.15) is 52.9 Å². The third-order valence-corrected chi connectivity index (χ3v) is 6.69. The topological polar surface area (TPSA) is 36.9 Å². The minimum Gasteiger partial charge on any atom is -0.346 e. The van der Waals surface area contributed by atoms with E-state index >= 15 is 0 Å². The molecule has 1 unspecified atom stereocenters. The number of hydrogen-bond acceptors (Lipinski definition) is 4. The Kier molecular flexibility index (Phi) is 3.46. The molecule has 22 heavy (non-hydrogen) atoms. The fraction of sp³-hybridized carbons (Fsp3) is 0.889. The fourth-order valence-electron chi connectivity index (χ4n) is 5.41. The van der Waals surface area contributed by atoms with Gasteiger partial charge < -0.3 is 9.47 Å². The molecule has 0 aromatic rings. The van der Waals surface area contributed by atoms with E-state index in [1.807, 2.05) is 13.0 Å². The molecule has 1 saturated carbocycles. The van der Waals surface area contributed by atoms with Crippen molar-refractivity contribution in [2.45, 2.75) is 76.7 Å². The van der Waals surface area contributed by atoms with E-state index in [0.29, 0.717) is 23.7 Å². The van der Waals surface area contributed by atoms with Gasteiger partial charge in [0.05, 0.1) is 6.10 Å². The quantitative estimate of drug-likeness (QED) is 0.574. The van der Waals surface area contributed by atoms with Gasteiger partial charge in [-0.25, -0.2) is 9.78 Å². The van der Waals surface area contributed by atoms with Crippen LogP contribution >= 0.6 is 0 Å². The summed E-state index contributed by atoms with van der Waals surface area (Å²) in [7, 11) is 0. The summed E-state index contributed by atoms with van der Waals surface area (Å²) in [4.78, 5) is 11.9. The predicted octanol–water partition coefficient (Wildman–Crippen LogP) is 3.81. The van der Waals surface area contributed by atoms with Gasteiger partial charge in [0, 0.05) is 12.3 Å². The molecule has 4 aliphatic heterocycles. The first-order valence-corrected chi connectivity index (χ1v) is 8.81. The summed E-state index contributed by atoms with van der Waals surface area (Å²) in [5, 5.41) is 0. The Morgan fingerprint density at radius 1 is 1.14 bits per heavy atom. The van der Waals surface area contributed by atoms with E-state index in [2.05, 4.69) is 20.4 Å². The molecule has 1 spiro atoms. The monoisotopic (exact) mass is 308 g/mol. The van der Waals surface area contributed by atoms with Gasteiger partial charge in [-0.05, 0) is 50.4 Å². The lowest BCUT2D eigenvalue weighted by atomic mass is 9.57. The van der Waals surface area contributed by atoms with Crippen LogP contribution < -0.4 is 0 Å². The second kappa shape index (κ2) is 5.04. The molecule has 1 aliphatic carbocycles. The molecule has 0 radical (unpaired) electrons. The summed E-state index contributed by atoms with van der Waals surface area (Å²) in [6.45, 7) is 10.5. The normalized spacial score (nSPS) is 57.0. The van der Waals surface area contributed by atoms with Gasteiger partial charge in [-0.2, -0.15) is 0 Å². The van der Waals surface area contributed by atoms with E-state index in [1.165, 1.54) is 6.42 Å². The maximum Gasteiger partial charge on any atom is 0.201 e. The maximum atomic E-state index is 6.40. The summed E-state index contributed by atoms with van der Waals surface area (Å²) in [6.07, 6.45) is 7.06. The van der Waals surface area contributed by atoms with E-state index in [0.717, 1.165) is 25.7 Å². The van der Waals surface area contributed by atoms with Gasteiger partial charge in [-0.15, -0.1) is 6.58 Å². The molecule has 0 N–H and O–H groups in total. The molecule has 8 atom stereocenters. The van der Waals surface area contributed by atoms with Gasteiger partial charge in [0.25, 0.3) is 0 Å². The highest BCUT2D eigenvalue weighted by Gasteiger charge is 2.69. The summed E-state index contributed by atoms with van der Waals surface area (Å²) in [6, 6.07) is 0. The summed E-state index contributed by atoms with van der Waals surface area (Å²) >= 11 is 0. The standard InChI is InChI=1S/C18H28O4/c1-5-6-15-12(3)14-8-7-11(2)13-9-10-17(4)20-16(19-15)18(13,14)22-21-17/h5,11-16H,1,6-10H2,2-4H3/t11-,12-,13+,14+,15-,16-,17?,18-/m1/s1. The van der Waals surface area contributed by atoms with Gasteiger partial charge in [0.1, 0.15) is 0 Å². The first-order chi connectivity index (χ1) is 10.5. The molecule has 0 amide bonds. The van der Waals surface area contributed by atoms with E-state index < -0.39 is 11.4 Å². The van der Waals surface area contributed by atoms with Gasteiger partial charge in [0.2, 0.25) is 5.79 Å². The largest absolute Gasteiger partial charge is 0.346 e. The fourth-order valence-corrected chi connectivity index (χ4v) is 5.41. The average Bonchev–Trinajstić information content (AvgIpc) is 2.71. The minimum atomic E-state index is -0.670. The van der Waals surface area contributed by atoms with Crippen LogP contribution in [-0.2, 0) is 19.2 Å². The Bertz CT molecular complexity index is 466. The van der Waals surface area contributed by atoms with Crippen LogP contribution in [0.5, 0.6) is 0 Å². The summed E-state index contributed by atoms with van der Waals surface area (Å²) in [5.41, 5.74) is -0.426. The van der Waals surface area contributed by atoms with Crippen molar-refractivity contribution in [2.75, 3.05) is 0 Å². The second-order valence-electron chi connectivity index (χ2n) is 7.97. The van der Waals surface area contributed by atoms with Crippen molar-refractivity contribution in [3.05, 3.63) is 12.7 Å². The Balaban J connectivity index is 1.77. The zero-order valence-corrected chi connectivity index (χ0v) is 13.9. The van der Waals surface area contributed by atoms with Crippen LogP contribution in [0.25, 0.3) is 0 Å². The Morgan fingerprint density at radius 2 is 1.95 bits per heavy atom. The molecular formula is C18H28O4. The number of ether oxygens (including phenoxy) is 2. The smallest absolute Gasteiger partial charge is 0.201 e. The average molecular weight is 308 g/mol. The van der Waals surface area contributed by atoms with Crippen molar-refractivity contribution >= 4 is 0 Å². The van der Waals surface area contributed by atoms with Crippen LogP contribution in [0.4, 0.5) is 0 Å². The van der Waals surface area contributed by atoms with Gasteiger partial charge in [-0.1, -0.05) is 19.9 Å². The van der Waals surface area contributed by atoms with Crippen molar-refractivity contribution in [2.24, 2.45) is 23.7 Å². The Hall–Kier alpha value is -0.420. The molecule has 4 nitrogen and oxygen atoms in total.